The molecular weight excluding hydrogens is 254 g/mol. The smallest absolute Gasteiger partial charge is 0.231 e. The van der Waals surface area contributed by atoms with Crippen LogP contribution in [0.25, 0.3) is 0 Å². The summed E-state index contributed by atoms with van der Waals surface area (Å²) < 4.78 is 11.5. The fourth-order valence-electron chi connectivity index (χ4n) is 2.01. The van der Waals surface area contributed by atoms with Gasteiger partial charge in [0.15, 0.2) is 11.6 Å². The van der Waals surface area contributed by atoms with E-state index in [9.17, 15) is 0 Å². The van der Waals surface area contributed by atoms with Crippen LogP contribution in [-0.2, 0) is 0 Å². The van der Waals surface area contributed by atoms with Crippen molar-refractivity contribution in [3.8, 4) is 17.7 Å². The zero-order valence-corrected chi connectivity index (χ0v) is 11.2. The first kappa shape index (κ1) is 12.3. The van der Waals surface area contributed by atoms with E-state index in [2.05, 4.69) is 16.0 Å². The number of nitrogens with zero attached hydrogens (tertiary/aromatic N) is 2. The van der Waals surface area contributed by atoms with Crippen molar-refractivity contribution < 1.29 is 9.47 Å². The van der Waals surface area contributed by atoms with Crippen molar-refractivity contribution in [2.75, 3.05) is 0 Å². The lowest BCUT2D eigenvalue weighted by Gasteiger charge is -2.29. The SMILES string of the molecule is CC1(C)N=C(Oc2ccc[nH]2)c2cc(C#N)ccc2O1. The van der Waals surface area contributed by atoms with Crippen LogP contribution in [0.4, 0.5) is 0 Å². The van der Waals surface area contributed by atoms with Gasteiger partial charge in [-0.1, -0.05) is 0 Å². The maximum absolute atomic E-state index is 9.01. The average Bonchev–Trinajstić information content (AvgIpc) is 2.90. The maximum atomic E-state index is 9.01. The lowest BCUT2D eigenvalue weighted by molar-refractivity contribution is 0.112. The van der Waals surface area contributed by atoms with Crippen LogP contribution in [0, 0.1) is 11.3 Å². The van der Waals surface area contributed by atoms with Crippen LogP contribution in [0.1, 0.15) is 25.0 Å². The standard InChI is InChI=1S/C15H13N3O2/c1-15(2)18-14(19-13-4-3-7-17-13)11-8-10(9-16)5-6-12(11)20-15/h3-8,17H,1-2H3. The highest BCUT2D eigenvalue weighted by molar-refractivity contribution is 5.99. The van der Waals surface area contributed by atoms with Crippen molar-refractivity contribution in [2.45, 2.75) is 19.6 Å². The van der Waals surface area contributed by atoms with Crippen LogP contribution in [-0.4, -0.2) is 16.6 Å². The molecule has 1 aliphatic rings. The van der Waals surface area contributed by atoms with Gasteiger partial charge in [-0.25, -0.2) is 4.99 Å². The molecule has 5 heteroatoms. The van der Waals surface area contributed by atoms with E-state index in [1.807, 2.05) is 19.9 Å². The lowest BCUT2D eigenvalue weighted by Crippen LogP contribution is -2.34. The summed E-state index contributed by atoms with van der Waals surface area (Å²) in [4.78, 5) is 7.41. The molecule has 3 rings (SSSR count). The van der Waals surface area contributed by atoms with E-state index in [0.717, 1.165) is 0 Å². The molecule has 20 heavy (non-hydrogen) atoms. The summed E-state index contributed by atoms with van der Waals surface area (Å²) in [5.41, 5.74) is 0.510. The van der Waals surface area contributed by atoms with Crippen molar-refractivity contribution in [2.24, 2.45) is 4.99 Å². The molecular formula is C15H13N3O2. The molecule has 2 heterocycles. The van der Waals surface area contributed by atoms with E-state index in [-0.39, 0.29) is 0 Å². The average molecular weight is 267 g/mol. The molecule has 0 aliphatic carbocycles. The number of aromatic nitrogens is 1. The van der Waals surface area contributed by atoms with Gasteiger partial charge >= 0.3 is 0 Å². The second-order valence-electron chi connectivity index (χ2n) is 4.92. The fourth-order valence-corrected chi connectivity index (χ4v) is 2.01. The Bertz CT molecular complexity index is 709. The molecule has 5 nitrogen and oxygen atoms in total. The first-order valence-electron chi connectivity index (χ1n) is 6.22. The molecule has 1 aromatic heterocycles. The quantitative estimate of drug-likeness (QED) is 0.863. The molecule has 1 aliphatic heterocycles. The predicted octanol–water partition coefficient (Wildman–Crippen LogP) is 2.84. The summed E-state index contributed by atoms with van der Waals surface area (Å²) in [6.45, 7) is 3.71. The van der Waals surface area contributed by atoms with Crippen molar-refractivity contribution >= 4 is 5.90 Å². The Kier molecular flexibility index (Phi) is 2.72. The molecule has 0 atom stereocenters. The summed E-state index contributed by atoms with van der Waals surface area (Å²) in [7, 11) is 0. The van der Waals surface area contributed by atoms with E-state index in [0.29, 0.717) is 28.7 Å². The highest BCUT2D eigenvalue weighted by atomic mass is 16.5. The van der Waals surface area contributed by atoms with Gasteiger partial charge in [0.25, 0.3) is 0 Å². The van der Waals surface area contributed by atoms with Crippen LogP contribution in [0.2, 0.25) is 0 Å². The number of rotatable bonds is 1. The van der Waals surface area contributed by atoms with Gasteiger partial charge in [0, 0.05) is 12.3 Å². The fraction of sp³-hybridized carbons (Fsp3) is 0.200. The van der Waals surface area contributed by atoms with Gasteiger partial charge in [0.1, 0.15) is 5.75 Å². The maximum Gasteiger partial charge on any atom is 0.231 e. The number of nitrogens with one attached hydrogen (secondary N) is 1. The molecule has 0 bridgehead atoms. The van der Waals surface area contributed by atoms with Gasteiger partial charge in [-0.2, -0.15) is 5.26 Å². The largest absolute Gasteiger partial charge is 0.466 e. The molecule has 2 aromatic rings. The zero-order chi connectivity index (χ0) is 14.2. The van der Waals surface area contributed by atoms with E-state index >= 15 is 0 Å². The first-order valence-corrected chi connectivity index (χ1v) is 6.22. The van der Waals surface area contributed by atoms with Crippen LogP contribution < -0.4 is 9.47 Å². The summed E-state index contributed by atoms with van der Waals surface area (Å²) in [6, 6.07) is 10.9. The Hall–Kier alpha value is -2.74. The minimum absolute atomic E-state index is 0.441. The molecule has 1 N–H and O–H groups in total. The highest BCUT2D eigenvalue weighted by Crippen LogP contribution is 2.31. The van der Waals surface area contributed by atoms with Crippen molar-refractivity contribution in [1.82, 2.24) is 4.98 Å². The van der Waals surface area contributed by atoms with Gasteiger partial charge in [0.05, 0.1) is 17.2 Å². The number of benzene rings is 1. The topological polar surface area (TPSA) is 70.4 Å². The Morgan fingerprint density at radius 3 is 2.90 bits per heavy atom. The molecule has 1 aromatic carbocycles. The summed E-state index contributed by atoms with van der Waals surface area (Å²) in [6.07, 6.45) is 1.77. The van der Waals surface area contributed by atoms with Gasteiger partial charge < -0.3 is 14.5 Å². The van der Waals surface area contributed by atoms with Crippen LogP contribution in [0.5, 0.6) is 11.6 Å². The number of hydrogen-bond acceptors (Lipinski definition) is 4. The monoisotopic (exact) mass is 267 g/mol. The Morgan fingerprint density at radius 1 is 1.35 bits per heavy atom. The normalized spacial score (nSPS) is 15.6. The second kappa shape index (κ2) is 4.42. The molecule has 100 valence electrons. The van der Waals surface area contributed by atoms with Crippen molar-refractivity contribution in [3.05, 3.63) is 47.7 Å². The van der Waals surface area contributed by atoms with Gasteiger partial charge in [-0.15, -0.1) is 0 Å². The third-order valence-corrected chi connectivity index (χ3v) is 2.85. The van der Waals surface area contributed by atoms with E-state index in [4.69, 9.17) is 14.7 Å². The zero-order valence-electron chi connectivity index (χ0n) is 11.2. The van der Waals surface area contributed by atoms with E-state index in [1.165, 1.54) is 0 Å². The summed E-state index contributed by atoms with van der Waals surface area (Å²) in [5, 5.41) is 9.01. The minimum Gasteiger partial charge on any atom is -0.466 e. The van der Waals surface area contributed by atoms with Gasteiger partial charge in [-0.05, 0) is 38.1 Å². The first-order chi connectivity index (χ1) is 9.57. The van der Waals surface area contributed by atoms with Crippen molar-refractivity contribution in [1.29, 1.82) is 5.26 Å². The summed E-state index contributed by atoms with van der Waals surface area (Å²) in [5.74, 6) is 1.69. The second-order valence-corrected chi connectivity index (χ2v) is 4.92. The highest BCUT2D eigenvalue weighted by Gasteiger charge is 2.29. The number of aromatic amines is 1. The van der Waals surface area contributed by atoms with Gasteiger partial charge in [0.2, 0.25) is 5.90 Å². The number of aliphatic imine (C=N–C) groups is 1. The number of fused-ring (bicyclic) bond motifs is 1. The third kappa shape index (κ3) is 2.24. The molecule has 0 fully saturated rings. The predicted molar refractivity (Wildman–Crippen MR) is 73.8 cm³/mol. The molecule has 0 spiro atoms. The number of hydrogen-bond donors (Lipinski definition) is 1. The Morgan fingerprint density at radius 2 is 2.20 bits per heavy atom. The molecule has 0 saturated heterocycles. The lowest BCUT2D eigenvalue weighted by atomic mass is 10.1. The number of H-pyrrole nitrogens is 1. The van der Waals surface area contributed by atoms with Gasteiger partial charge in [-0.3, -0.25) is 0 Å². The number of nitriles is 1. The third-order valence-electron chi connectivity index (χ3n) is 2.85. The minimum atomic E-state index is -0.705. The van der Waals surface area contributed by atoms with E-state index in [1.54, 1.807) is 30.5 Å². The summed E-state index contributed by atoms with van der Waals surface area (Å²) >= 11 is 0. The Balaban J connectivity index is 2.07. The molecule has 0 saturated carbocycles. The molecule has 0 radical (unpaired) electrons. The van der Waals surface area contributed by atoms with Crippen molar-refractivity contribution in [3.63, 3.8) is 0 Å². The molecule has 0 unspecified atom stereocenters. The van der Waals surface area contributed by atoms with E-state index < -0.39 is 5.72 Å². The number of ether oxygens (including phenoxy) is 2. The Labute approximate surface area is 116 Å². The van der Waals surface area contributed by atoms with Crippen LogP contribution in [0.3, 0.4) is 0 Å². The van der Waals surface area contributed by atoms with Crippen LogP contribution in [0.15, 0.2) is 41.5 Å². The van der Waals surface area contributed by atoms with Crippen LogP contribution >= 0.6 is 0 Å². The molecule has 0 amide bonds.